The highest BCUT2D eigenvalue weighted by atomic mass is 16.6. The van der Waals surface area contributed by atoms with E-state index in [0.717, 1.165) is 0 Å². The number of aromatic nitrogens is 1. The number of anilines is 1. The molecular formula is C15H16N2O4. The molecule has 0 aliphatic heterocycles. The molecule has 0 amide bonds. The summed E-state index contributed by atoms with van der Waals surface area (Å²) in [5.41, 5.74) is 6.88. The number of pyridine rings is 1. The fourth-order valence-corrected chi connectivity index (χ4v) is 1.66. The summed E-state index contributed by atoms with van der Waals surface area (Å²) in [6.07, 6.45) is 1.60. The first-order valence-electron chi connectivity index (χ1n) is 6.31. The minimum atomic E-state index is -0.483. The average molecular weight is 288 g/mol. The van der Waals surface area contributed by atoms with E-state index in [9.17, 15) is 4.79 Å². The van der Waals surface area contributed by atoms with Crippen molar-refractivity contribution in [3.05, 3.63) is 48.2 Å². The molecule has 1 aromatic carbocycles. The largest absolute Gasteiger partial charge is 0.482 e. The Morgan fingerprint density at radius 2 is 2.14 bits per heavy atom. The summed E-state index contributed by atoms with van der Waals surface area (Å²) in [6, 6.07) is 10.4. The Labute approximate surface area is 122 Å². The number of benzene rings is 1. The fourth-order valence-electron chi connectivity index (χ4n) is 1.66. The van der Waals surface area contributed by atoms with Gasteiger partial charge >= 0.3 is 5.97 Å². The van der Waals surface area contributed by atoms with Gasteiger partial charge in [0.25, 0.3) is 0 Å². The maximum absolute atomic E-state index is 11.6. The van der Waals surface area contributed by atoms with E-state index >= 15 is 0 Å². The number of hydrogen-bond donors (Lipinski definition) is 1. The molecule has 2 rings (SSSR count). The normalized spacial score (nSPS) is 9.95. The van der Waals surface area contributed by atoms with Crippen LogP contribution in [0, 0.1) is 0 Å². The minimum absolute atomic E-state index is 0.0795. The molecule has 1 aromatic heterocycles. The summed E-state index contributed by atoms with van der Waals surface area (Å²) in [4.78, 5) is 15.7. The Bertz CT molecular complexity index is 616. The number of hydrogen-bond acceptors (Lipinski definition) is 6. The van der Waals surface area contributed by atoms with Gasteiger partial charge in [-0.05, 0) is 24.3 Å². The number of carbonyl (C=O) groups is 1. The number of nitrogens with two attached hydrogens (primary N) is 1. The molecule has 0 atom stereocenters. The van der Waals surface area contributed by atoms with Crippen LogP contribution in [0.15, 0.2) is 42.6 Å². The summed E-state index contributed by atoms with van der Waals surface area (Å²) >= 11 is 0. The van der Waals surface area contributed by atoms with E-state index in [1.165, 1.54) is 7.11 Å². The van der Waals surface area contributed by atoms with Gasteiger partial charge in [-0.2, -0.15) is 0 Å². The molecule has 2 aromatic rings. The molecular weight excluding hydrogens is 272 g/mol. The number of nitrogens with zero attached hydrogens (tertiary/aromatic N) is 1. The molecule has 0 saturated heterocycles. The third-order valence-electron chi connectivity index (χ3n) is 2.65. The summed E-state index contributed by atoms with van der Waals surface area (Å²) in [5, 5.41) is 0. The first-order valence-corrected chi connectivity index (χ1v) is 6.31. The van der Waals surface area contributed by atoms with Gasteiger partial charge in [0.15, 0.2) is 6.61 Å². The Morgan fingerprint density at radius 3 is 2.90 bits per heavy atom. The first kappa shape index (κ1) is 14.6. The van der Waals surface area contributed by atoms with E-state index in [2.05, 4.69) is 4.98 Å². The van der Waals surface area contributed by atoms with Crippen LogP contribution < -0.4 is 15.2 Å². The van der Waals surface area contributed by atoms with Gasteiger partial charge in [-0.15, -0.1) is 0 Å². The van der Waals surface area contributed by atoms with Crippen molar-refractivity contribution in [3.8, 4) is 11.6 Å². The quantitative estimate of drug-likeness (QED) is 0.644. The van der Waals surface area contributed by atoms with E-state index in [1.807, 2.05) is 0 Å². The van der Waals surface area contributed by atoms with Gasteiger partial charge in [-0.25, -0.2) is 9.78 Å². The molecule has 0 aliphatic carbocycles. The van der Waals surface area contributed by atoms with Crippen molar-refractivity contribution in [2.45, 2.75) is 6.61 Å². The molecule has 0 spiro atoms. The third kappa shape index (κ3) is 4.38. The summed E-state index contributed by atoms with van der Waals surface area (Å²) in [7, 11) is 1.51. The predicted molar refractivity (Wildman–Crippen MR) is 76.9 cm³/mol. The van der Waals surface area contributed by atoms with Crippen molar-refractivity contribution >= 4 is 11.7 Å². The van der Waals surface area contributed by atoms with Crippen LogP contribution >= 0.6 is 0 Å². The van der Waals surface area contributed by atoms with Gasteiger partial charge in [-0.3, -0.25) is 0 Å². The van der Waals surface area contributed by atoms with Crippen molar-refractivity contribution < 1.29 is 19.0 Å². The lowest BCUT2D eigenvalue weighted by molar-refractivity contribution is -0.147. The average Bonchev–Trinajstić information content (AvgIpc) is 2.51. The lowest BCUT2D eigenvalue weighted by atomic mass is 10.3. The Morgan fingerprint density at radius 1 is 1.29 bits per heavy atom. The monoisotopic (exact) mass is 288 g/mol. The summed E-state index contributed by atoms with van der Waals surface area (Å²) in [5.74, 6) is 0.469. The molecule has 0 unspecified atom stereocenters. The molecule has 0 aliphatic rings. The van der Waals surface area contributed by atoms with E-state index in [1.54, 1.807) is 42.6 Å². The molecule has 6 heteroatoms. The SMILES string of the molecule is COc1ncccc1COC(=O)COc1cccc(N)c1. The standard InChI is InChI=1S/C15H16N2O4/c1-19-15-11(4-3-7-17-15)9-21-14(18)10-20-13-6-2-5-12(16)8-13/h2-8H,9-10,16H2,1H3. The van der Waals surface area contributed by atoms with Crippen molar-refractivity contribution in [3.63, 3.8) is 0 Å². The van der Waals surface area contributed by atoms with Gasteiger partial charge in [0.05, 0.1) is 12.7 Å². The Kier molecular flexibility index (Phi) is 4.98. The second-order valence-electron chi connectivity index (χ2n) is 4.19. The fraction of sp³-hybridized carbons (Fsp3) is 0.200. The smallest absolute Gasteiger partial charge is 0.344 e. The van der Waals surface area contributed by atoms with Gasteiger partial charge in [-0.1, -0.05) is 6.07 Å². The summed E-state index contributed by atoms with van der Waals surface area (Å²) in [6.45, 7) is -0.109. The lowest BCUT2D eigenvalue weighted by Gasteiger charge is -2.09. The number of nitrogen functional groups attached to an aromatic ring is 1. The number of esters is 1. The molecule has 6 nitrogen and oxygen atoms in total. The third-order valence-corrected chi connectivity index (χ3v) is 2.65. The van der Waals surface area contributed by atoms with Crippen LogP contribution in [0.4, 0.5) is 5.69 Å². The molecule has 21 heavy (non-hydrogen) atoms. The molecule has 0 radical (unpaired) electrons. The Balaban J connectivity index is 1.82. The number of carbonyl (C=O) groups excluding carboxylic acids is 1. The van der Waals surface area contributed by atoms with Crippen LogP contribution in [0.2, 0.25) is 0 Å². The van der Waals surface area contributed by atoms with Crippen molar-refractivity contribution in [2.24, 2.45) is 0 Å². The first-order chi connectivity index (χ1) is 10.2. The van der Waals surface area contributed by atoms with Gasteiger partial charge in [0, 0.05) is 18.0 Å². The Hall–Kier alpha value is -2.76. The highest BCUT2D eigenvalue weighted by Crippen LogP contribution is 2.16. The van der Waals surface area contributed by atoms with Crippen LogP contribution in [0.25, 0.3) is 0 Å². The van der Waals surface area contributed by atoms with Crippen LogP contribution in [-0.4, -0.2) is 24.7 Å². The molecule has 2 N–H and O–H groups in total. The van der Waals surface area contributed by atoms with Crippen molar-refractivity contribution in [1.82, 2.24) is 4.98 Å². The molecule has 1 heterocycles. The van der Waals surface area contributed by atoms with Gasteiger partial charge < -0.3 is 19.9 Å². The maximum atomic E-state index is 11.6. The number of rotatable bonds is 6. The molecule has 0 saturated carbocycles. The van der Waals surface area contributed by atoms with Crippen molar-refractivity contribution in [2.75, 3.05) is 19.5 Å². The lowest BCUT2D eigenvalue weighted by Crippen LogP contribution is -2.15. The van der Waals surface area contributed by atoms with E-state index in [-0.39, 0.29) is 13.2 Å². The topological polar surface area (TPSA) is 83.7 Å². The van der Waals surface area contributed by atoms with Crippen LogP contribution in [0.5, 0.6) is 11.6 Å². The minimum Gasteiger partial charge on any atom is -0.482 e. The van der Waals surface area contributed by atoms with E-state index < -0.39 is 5.97 Å². The zero-order chi connectivity index (χ0) is 15.1. The summed E-state index contributed by atoms with van der Waals surface area (Å²) < 4.78 is 15.5. The zero-order valence-corrected chi connectivity index (χ0v) is 11.6. The number of ether oxygens (including phenoxy) is 3. The predicted octanol–water partition coefficient (Wildman–Crippen LogP) is 1.79. The number of methoxy groups -OCH3 is 1. The van der Waals surface area contributed by atoms with Crippen LogP contribution in [-0.2, 0) is 16.1 Å². The highest BCUT2D eigenvalue weighted by Gasteiger charge is 2.08. The maximum Gasteiger partial charge on any atom is 0.344 e. The van der Waals surface area contributed by atoms with Crippen molar-refractivity contribution in [1.29, 1.82) is 0 Å². The van der Waals surface area contributed by atoms with Crippen LogP contribution in [0.3, 0.4) is 0 Å². The van der Waals surface area contributed by atoms with E-state index in [4.69, 9.17) is 19.9 Å². The second kappa shape index (κ2) is 7.14. The second-order valence-corrected chi connectivity index (χ2v) is 4.19. The molecule has 110 valence electrons. The van der Waals surface area contributed by atoms with Crippen LogP contribution in [0.1, 0.15) is 5.56 Å². The molecule has 0 fully saturated rings. The van der Waals surface area contributed by atoms with E-state index in [0.29, 0.717) is 22.9 Å². The highest BCUT2D eigenvalue weighted by molar-refractivity contribution is 5.71. The van der Waals surface area contributed by atoms with Gasteiger partial charge in [0.2, 0.25) is 5.88 Å². The molecule has 0 bridgehead atoms. The zero-order valence-electron chi connectivity index (χ0n) is 11.6. The van der Waals surface area contributed by atoms with Gasteiger partial charge in [0.1, 0.15) is 12.4 Å².